The molecular weight excluding hydrogens is 468 g/mol. The Balaban J connectivity index is 1.52. The van der Waals surface area contributed by atoms with Gasteiger partial charge in [0.05, 0.1) is 36.0 Å². The number of nitrogens with zero attached hydrogens (tertiary/aromatic N) is 4. The van der Waals surface area contributed by atoms with Gasteiger partial charge in [0, 0.05) is 5.75 Å². The molecule has 0 amide bonds. The Labute approximate surface area is 205 Å². The molecule has 0 N–H and O–H groups in total. The van der Waals surface area contributed by atoms with E-state index in [0.29, 0.717) is 17.5 Å². The van der Waals surface area contributed by atoms with Gasteiger partial charge in [-0.15, -0.1) is 21.5 Å². The van der Waals surface area contributed by atoms with E-state index >= 15 is 0 Å². The molecule has 172 valence electrons. The summed E-state index contributed by atoms with van der Waals surface area (Å²) in [4.78, 5) is 5.73. The molecule has 0 aliphatic rings. The smallest absolute Gasteiger partial charge is 0.236 e. The number of ether oxygens (including phenoxy) is 2. The van der Waals surface area contributed by atoms with Crippen molar-refractivity contribution in [2.45, 2.75) is 17.8 Å². The van der Waals surface area contributed by atoms with E-state index in [9.17, 15) is 0 Å². The van der Waals surface area contributed by atoms with E-state index in [0.717, 1.165) is 44.2 Å². The third kappa shape index (κ3) is 4.32. The van der Waals surface area contributed by atoms with Crippen molar-refractivity contribution in [3.8, 4) is 39.3 Å². The van der Waals surface area contributed by atoms with Crippen molar-refractivity contribution in [2.24, 2.45) is 0 Å². The second-order valence-electron chi connectivity index (χ2n) is 7.33. The largest absolute Gasteiger partial charge is 0.497 e. The summed E-state index contributed by atoms with van der Waals surface area (Å²) in [7, 11) is 3.31. The number of aromatic nitrogens is 4. The minimum Gasteiger partial charge on any atom is -0.497 e. The van der Waals surface area contributed by atoms with Crippen molar-refractivity contribution < 1.29 is 13.9 Å². The molecule has 0 atom stereocenters. The SMILES string of the molecule is COc1ccc(-n2c(SCc3nc(-c4cccs4)oc3C)nnc2-c2ccccc2OC)cc1. The normalized spacial score (nSPS) is 11.0. The summed E-state index contributed by atoms with van der Waals surface area (Å²) in [6.45, 7) is 1.94. The Hall–Kier alpha value is -3.56. The zero-order chi connectivity index (χ0) is 23.5. The van der Waals surface area contributed by atoms with Crippen molar-refractivity contribution in [2.75, 3.05) is 14.2 Å². The highest BCUT2D eigenvalue weighted by Gasteiger charge is 2.20. The molecule has 0 saturated carbocycles. The standard InChI is InChI=1S/C25H22N4O3S2/c1-16-20(26-24(32-16)22-9-6-14-33-22)15-34-25-28-27-23(19-7-4-5-8-21(19)31-3)29(25)17-10-12-18(30-2)13-11-17/h4-14H,15H2,1-3H3. The fraction of sp³-hybridized carbons (Fsp3) is 0.160. The van der Waals surface area contributed by atoms with E-state index in [1.165, 1.54) is 0 Å². The van der Waals surface area contributed by atoms with Crippen LogP contribution in [0.3, 0.4) is 0 Å². The molecule has 7 nitrogen and oxygen atoms in total. The summed E-state index contributed by atoms with van der Waals surface area (Å²) in [6.07, 6.45) is 0. The predicted octanol–water partition coefficient (Wildman–Crippen LogP) is 6.27. The summed E-state index contributed by atoms with van der Waals surface area (Å²) < 4.78 is 18.9. The number of hydrogen-bond donors (Lipinski definition) is 0. The number of oxazole rings is 1. The summed E-state index contributed by atoms with van der Waals surface area (Å²) in [5.74, 6) is 4.26. The van der Waals surface area contributed by atoms with Crippen molar-refractivity contribution in [3.05, 3.63) is 77.5 Å². The number of thiophene rings is 1. The minimum atomic E-state index is 0.598. The third-order valence-electron chi connectivity index (χ3n) is 5.27. The molecule has 9 heteroatoms. The van der Waals surface area contributed by atoms with E-state index in [1.807, 2.05) is 77.5 Å². The van der Waals surface area contributed by atoms with Crippen LogP contribution in [-0.2, 0) is 5.75 Å². The third-order valence-corrected chi connectivity index (χ3v) is 7.07. The highest BCUT2D eigenvalue weighted by molar-refractivity contribution is 7.98. The van der Waals surface area contributed by atoms with Crippen molar-refractivity contribution in [3.63, 3.8) is 0 Å². The molecule has 0 fully saturated rings. The summed E-state index contributed by atoms with van der Waals surface area (Å²) in [5.41, 5.74) is 2.67. The van der Waals surface area contributed by atoms with Crippen LogP contribution in [0.15, 0.2) is 75.6 Å². The molecule has 34 heavy (non-hydrogen) atoms. The number of thioether (sulfide) groups is 1. The van der Waals surface area contributed by atoms with Crippen LogP contribution in [0.5, 0.6) is 11.5 Å². The highest BCUT2D eigenvalue weighted by Crippen LogP contribution is 2.35. The molecule has 0 saturated heterocycles. The number of hydrogen-bond acceptors (Lipinski definition) is 8. The van der Waals surface area contributed by atoms with Gasteiger partial charge in [0.15, 0.2) is 11.0 Å². The first-order chi connectivity index (χ1) is 16.7. The van der Waals surface area contributed by atoms with E-state index in [2.05, 4.69) is 10.2 Å². The zero-order valence-electron chi connectivity index (χ0n) is 18.9. The van der Waals surface area contributed by atoms with E-state index in [4.69, 9.17) is 18.9 Å². The van der Waals surface area contributed by atoms with Gasteiger partial charge >= 0.3 is 0 Å². The summed E-state index contributed by atoms with van der Waals surface area (Å²) in [5, 5.41) is 11.8. The second kappa shape index (κ2) is 9.74. The lowest BCUT2D eigenvalue weighted by Gasteiger charge is -2.13. The van der Waals surface area contributed by atoms with Gasteiger partial charge in [-0.3, -0.25) is 4.57 Å². The van der Waals surface area contributed by atoms with Gasteiger partial charge in [-0.05, 0) is 54.8 Å². The highest BCUT2D eigenvalue weighted by atomic mass is 32.2. The molecule has 0 aliphatic heterocycles. The van der Waals surface area contributed by atoms with Gasteiger partial charge in [0.2, 0.25) is 5.89 Å². The maximum Gasteiger partial charge on any atom is 0.236 e. The molecule has 3 heterocycles. The van der Waals surface area contributed by atoms with Crippen LogP contribution in [0.2, 0.25) is 0 Å². The number of para-hydroxylation sites is 1. The number of methoxy groups -OCH3 is 2. The van der Waals surface area contributed by atoms with Crippen LogP contribution in [-0.4, -0.2) is 34.0 Å². The molecule has 0 unspecified atom stereocenters. The Bertz CT molecular complexity index is 1390. The molecular formula is C25H22N4O3S2. The molecule has 3 aromatic heterocycles. The van der Waals surface area contributed by atoms with Gasteiger partial charge in [0.25, 0.3) is 0 Å². The van der Waals surface area contributed by atoms with Crippen molar-refractivity contribution in [1.29, 1.82) is 0 Å². The molecule has 5 rings (SSSR count). The van der Waals surface area contributed by atoms with E-state index < -0.39 is 0 Å². The minimum absolute atomic E-state index is 0.598. The lowest BCUT2D eigenvalue weighted by molar-refractivity contribution is 0.414. The van der Waals surface area contributed by atoms with Gasteiger partial charge in [-0.25, -0.2) is 4.98 Å². The van der Waals surface area contributed by atoms with Gasteiger partial charge in [0.1, 0.15) is 17.3 Å². The summed E-state index contributed by atoms with van der Waals surface area (Å²) >= 11 is 3.16. The molecule has 5 aromatic rings. The Morgan fingerprint density at radius 2 is 1.79 bits per heavy atom. The predicted molar refractivity (Wildman–Crippen MR) is 134 cm³/mol. The topological polar surface area (TPSA) is 75.2 Å². The summed E-state index contributed by atoms with van der Waals surface area (Å²) in [6, 6.07) is 19.6. The number of aryl methyl sites for hydroxylation is 1. The molecule has 0 spiro atoms. The lowest BCUT2D eigenvalue weighted by Crippen LogP contribution is -2.01. The first kappa shape index (κ1) is 22.2. The quantitative estimate of drug-likeness (QED) is 0.237. The molecule has 2 aromatic carbocycles. The molecule has 0 bridgehead atoms. The zero-order valence-corrected chi connectivity index (χ0v) is 20.5. The maximum absolute atomic E-state index is 5.91. The Morgan fingerprint density at radius 1 is 0.971 bits per heavy atom. The average Bonchev–Trinajstić information content (AvgIpc) is 3.63. The Kier molecular flexibility index (Phi) is 6.37. The van der Waals surface area contributed by atoms with Crippen LogP contribution in [0, 0.1) is 6.92 Å². The fourth-order valence-electron chi connectivity index (χ4n) is 3.53. The van der Waals surface area contributed by atoms with Crippen LogP contribution in [0.4, 0.5) is 0 Å². The van der Waals surface area contributed by atoms with Gasteiger partial charge in [-0.2, -0.15) is 0 Å². The van der Waals surface area contributed by atoms with Crippen LogP contribution >= 0.6 is 23.1 Å². The first-order valence-corrected chi connectivity index (χ1v) is 12.4. The average molecular weight is 491 g/mol. The Morgan fingerprint density at radius 3 is 2.53 bits per heavy atom. The van der Waals surface area contributed by atoms with Crippen LogP contribution in [0.25, 0.3) is 27.8 Å². The van der Waals surface area contributed by atoms with Crippen LogP contribution < -0.4 is 9.47 Å². The van der Waals surface area contributed by atoms with Crippen molar-refractivity contribution >= 4 is 23.1 Å². The van der Waals surface area contributed by atoms with Crippen molar-refractivity contribution in [1.82, 2.24) is 19.7 Å². The molecule has 0 aliphatic carbocycles. The van der Waals surface area contributed by atoms with E-state index in [1.54, 1.807) is 37.3 Å². The lowest BCUT2D eigenvalue weighted by atomic mass is 10.2. The van der Waals surface area contributed by atoms with E-state index in [-0.39, 0.29) is 0 Å². The van der Waals surface area contributed by atoms with Crippen LogP contribution in [0.1, 0.15) is 11.5 Å². The number of benzene rings is 2. The maximum atomic E-state index is 5.91. The van der Waals surface area contributed by atoms with Gasteiger partial charge in [-0.1, -0.05) is 30.0 Å². The van der Waals surface area contributed by atoms with Gasteiger partial charge < -0.3 is 13.9 Å². The first-order valence-electron chi connectivity index (χ1n) is 10.5. The second-order valence-corrected chi connectivity index (χ2v) is 9.22. The fourth-order valence-corrected chi connectivity index (χ4v) is 5.13. The monoisotopic (exact) mass is 490 g/mol. The molecule has 0 radical (unpaired) electrons. The number of rotatable bonds is 8.